The Hall–Kier alpha value is -1.55. The molecule has 1 fully saturated rings. The smallest absolute Gasteiger partial charge is 0.227 e. The van der Waals surface area contributed by atoms with Crippen molar-refractivity contribution in [3.63, 3.8) is 0 Å². The van der Waals surface area contributed by atoms with Gasteiger partial charge in [-0.2, -0.15) is 0 Å². The van der Waals surface area contributed by atoms with Crippen molar-refractivity contribution in [2.75, 3.05) is 39.8 Å². The number of benzene rings is 1. The van der Waals surface area contributed by atoms with E-state index in [1.54, 1.807) is 0 Å². The molecule has 4 nitrogen and oxygen atoms in total. The number of carbonyl (C=O) groups excluding carboxylic acids is 1. The topological polar surface area (TPSA) is 32.8 Å². The lowest BCUT2D eigenvalue weighted by molar-refractivity contribution is -0.132. The maximum atomic E-state index is 12.3. The third-order valence-electron chi connectivity index (χ3n) is 4.18. The van der Waals surface area contributed by atoms with Crippen LogP contribution in [0.3, 0.4) is 0 Å². The van der Waals surface area contributed by atoms with Crippen molar-refractivity contribution in [3.8, 4) is 5.75 Å². The zero-order valence-corrected chi connectivity index (χ0v) is 12.1. The highest BCUT2D eigenvalue weighted by Gasteiger charge is 2.19. The van der Waals surface area contributed by atoms with Gasteiger partial charge in [-0.1, -0.05) is 12.1 Å². The molecule has 0 N–H and O–H groups in total. The molecule has 20 heavy (non-hydrogen) atoms. The number of rotatable bonds is 2. The fourth-order valence-corrected chi connectivity index (χ4v) is 2.87. The predicted molar refractivity (Wildman–Crippen MR) is 78.0 cm³/mol. The molecule has 108 valence electrons. The normalized spacial score (nSPS) is 19.4. The van der Waals surface area contributed by atoms with Crippen LogP contribution >= 0.6 is 0 Å². The number of hydrogen-bond acceptors (Lipinski definition) is 3. The van der Waals surface area contributed by atoms with Gasteiger partial charge in [-0.05, 0) is 37.1 Å². The fourth-order valence-electron chi connectivity index (χ4n) is 2.87. The summed E-state index contributed by atoms with van der Waals surface area (Å²) < 4.78 is 5.61. The molecule has 0 atom stereocenters. The summed E-state index contributed by atoms with van der Waals surface area (Å²) in [6.07, 6.45) is 2.64. The second-order valence-corrected chi connectivity index (χ2v) is 5.75. The lowest BCUT2D eigenvalue weighted by Crippen LogP contribution is -2.47. The highest BCUT2D eigenvalue weighted by molar-refractivity contribution is 5.79. The van der Waals surface area contributed by atoms with Gasteiger partial charge in [0.2, 0.25) is 5.91 Å². The minimum Gasteiger partial charge on any atom is -0.493 e. The average molecular weight is 274 g/mol. The van der Waals surface area contributed by atoms with E-state index in [2.05, 4.69) is 18.0 Å². The largest absolute Gasteiger partial charge is 0.493 e. The summed E-state index contributed by atoms with van der Waals surface area (Å²) in [7, 11) is 2.10. The molecule has 0 aliphatic carbocycles. The summed E-state index contributed by atoms with van der Waals surface area (Å²) in [5.74, 6) is 1.24. The number of likely N-dealkylation sites (N-methyl/N-ethyl adjacent to an activating group) is 1. The average Bonchev–Trinajstić information content (AvgIpc) is 2.48. The van der Waals surface area contributed by atoms with E-state index >= 15 is 0 Å². The van der Waals surface area contributed by atoms with E-state index in [1.807, 2.05) is 17.0 Å². The summed E-state index contributed by atoms with van der Waals surface area (Å²) in [4.78, 5) is 16.6. The van der Waals surface area contributed by atoms with Gasteiger partial charge in [0, 0.05) is 26.2 Å². The maximum Gasteiger partial charge on any atom is 0.227 e. The standard InChI is InChI=1S/C16H22N2O2/c1-17-6-8-18(9-7-17)16(19)12-13-4-5-15-14(11-13)3-2-10-20-15/h4-5,11H,2-3,6-10,12H2,1H3. The molecule has 0 saturated carbocycles. The molecule has 3 rings (SSSR count). The van der Waals surface area contributed by atoms with E-state index in [0.717, 1.165) is 56.9 Å². The van der Waals surface area contributed by atoms with Gasteiger partial charge in [-0.25, -0.2) is 0 Å². The number of amides is 1. The molecule has 0 spiro atoms. The minimum atomic E-state index is 0.245. The van der Waals surface area contributed by atoms with Gasteiger partial charge < -0.3 is 14.5 Å². The molecule has 1 saturated heterocycles. The molecule has 0 radical (unpaired) electrons. The molecule has 2 heterocycles. The van der Waals surface area contributed by atoms with Crippen molar-refractivity contribution in [2.24, 2.45) is 0 Å². The molecule has 0 bridgehead atoms. The molecule has 0 aromatic heterocycles. The van der Waals surface area contributed by atoms with Crippen LogP contribution in [0.15, 0.2) is 18.2 Å². The van der Waals surface area contributed by atoms with Gasteiger partial charge in [0.15, 0.2) is 0 Å². The summed E-state index contributed by atoms with van der Waals surface area (Å²) in [5.41, 5.74) is 2.36. The van der Waals surface area contributed by atoms with Gasteiger partial charge in [0.1, 0.15) is 5.75 Å². The molecule has 4 heteroatoms. The van der Waals surface area contributed by atoms with E-state index in [1.165, 1.54) is 5.56 Å². The third kappa shape index (κ3) is 2.96. The van der Waals surface area contributed by atoms with Crippen LogP contribution in [0.5, 0.6) is 5.75 Å². The first-order chi connectivity index (χ1) is 9.72. The van der Waals surface area contributed by atoms with E-state index in [9.17, 15) is 4.79 Å². The first-order valence-electron chi connectivity index (χ1n) is 7.43. The Morgan fingerprint density at radius 1 is 1.25 bits per heavy atom. The Labute approximate surface area is 120 Å². The first-order valence-corrected chi connectivity index (χ1v) is 7.43. The zero-order chi connectivity index (χ0) is 13.9. The molecule has 0 unspecified atom stereocenters. The summed E-state index contributed by atoms with van der Waals surface area (Å²) >= 11 is 0. The molecule has 1 aromatic rings. The van der Waals surface area contributed by atoms with Crippen molar-refractivity contribution in [2.45, 2.75) is 19.3 Å². The van der Waals surface area contributed by atoms with Crippen LogP contribution in [0.2, 0.25) is 0 Å². The lowest BCUT2D eigenvalue weighted by Gasteiger charge is -2.32. The SMILES string of the molecule is CN1CCN(C(=O)Cc2ccc3c(c2)CCCO3)CC1. The quantitative estimate of drug-likeness (QED) is 0.815. The monoisotopic (exact) mass is 274 g/mol. The number of nitrogens with zero attached hydrogens (tertiary/aromatic N) is 2. The molecule has 1 amide bonds. The third-order valence-corrected chi connectivity index (χ3v) is 4.18. The fraction of sp³-hybridized carbons (Fsp3) is 0.562. The second kappa shape index (κ2) is 5.83. The summed E-state index contributed by atoms with van der Waals surface area (Å²) in [5, 5.41) is 0. The van der Waals surface area contributed by atoms with Crippen LogP contribution in [0.1, 0.15) is 17.5 Å². The minimum absolute atomic E-state index is 0.245. The number of fused-ring (bicyclic) bond motifs is 1. The Balaban J connectivity index is 1.64. The molecular weight excluding hydrogens is 252 g/mol. The van der Waals surface area contributed by atoms with Gasteiger partial charge >= 0.3 is 0 Å². The molecule has 2 aliphatic rings. The number of piperazine rings is 1. The van der Waals surface area contributed by atoms with E-state index in [4.69, 9.17) is 4.74 Å². The molecular formula is C16H22N2O2. The van der Waals surface area contributed by atoms with E-state index in [-0.39, 0.29) is 5.91 Å². The maximum absolute atomic E-state index is 12.3. The lowest BCUT2D eigenvalue weighted by atomic mass is 10.0. The van der Waals surface area contributed by atoms with Crippen LogP contribution in [0.4, 0.5) is 0 Å². The Bertz CT molecular complexity index is 493. The van der Waals surface area contributed by atoms with Crippen LogP contribution in [-0.2, 0) is 17.6 Å². The Morgan fingerprint density at radius 3 is 2.85 bits per heavy atom. The Morgan fingerprint density at radius 2 is 2.05 bits per heavy atom. The Kier molecular flexibility index (Phi) is 3.92. The van der Waals surface area contributed by atoms with E-state index in [0.29, 0.717) is 6.42 Å². The van der Waals surface area contributed by atoms with Crippen molar-refractivity contribution >= 4 is 5.91 Å². The highest BCUT2D eigenvalue weighted by Crippen LogP contribution is 2.25. The van der Waals surface area contributed by atoms with Crippen molar-refractivity contribution < 1.29 is 9.53 Å². The van der Waals surface area contributed by atoms with Crippen LogP contribution < -0.4 is 4.74 Å². The van der Waals surface area contributed by atoms with Gasteiger partial charge in [0.05, 0.1) is 13.0 Å². The number of ether oxygens (including phenoxy) is 1. The number of aryl methyl sites for hydroxylation is 1. The van der Waals surface area contributed by atoms with E-state index < -0.39 is 0 Å². The van der Waals surface area contributed by atoms with Gasteiger partial charge in [0.25, 0.3) is 0 Å². The van der Waals surface area contributed by atoms with Gasteiger partial charge in [-0.3, -0.25) is 4.79 Å². The molecule has 2 aliphatic heterocycles. The van der Waals surface area contributed by atoms with Crippen LogP contribution in [-0.4, -0.2) is 55.5 Å². The van der Waals surface area contributed by atoms with Crippen LogP contribution in [0.25, 0.3) is 0 Å². The molecule has 1 aromatic carbocycles. The van der Waals surface area contributed by atoms with Crippen LogP contribution in [0, 0.1) is 0 Å². The zero-order valence-electron chi connectivity index (χ0n) is 12.1. The van der Waals surface area contributed by atoms with Crippen molar-refractivity contribution in [1.29, 1.82) is 0 Å². The first kappa shape index (κ1) is 13.4. The van der Waals surface area contributed by atoms with Crippen molar-refractivity contribution in [1.82, 2.24) is 9.80 Å². The summed E-state index contributed by atoms with van der Waals surface area (Å²) in [6.45, 7) is 4.47. The number of hydrogen-bond donors (Lipinski definition) is 0. The highest BCUT2D eigenvalue weighted by atomic mass is 16.5. The second-order valence-electron chi connectivity index (χ2n) is 5.75. The summed E-state index contributed by atoms with van der Waals surface area (Å²) in [6, 6.07) is 6.18. The van der Waals surface area contributed by atoms with Crippen molar-refractivity contribution in [3.05, 3.63) is 29.3 Å². The van der Waals surface area contributed by atoms with Gasteiger partial charge in [-0.15, -0.1) is 0 Å². The predicted octanol–water partition coefficient (Wildman–Crippen LogP) is 1.33. The number of carbonyl (C=O) groups is 1.